The van der Waals surface area contributed by atoms with E-state index in [-0.39, 0.29) is 22.5 Å². The first-order valence-corrected chi connectivity index (χ1v) is 15.6. The molecular formula is C21H27FN7O13P2+. The smallest absolute Gasteiger partial charge is 0.387 e. The summed E-state index contributed by atoms with van der Waals surface area (Å²) in [6.45, 7) is -1.89. The van der Waals surface area contributed by atoms with Gasteiger partial charge in [0, 0.05) is 6.07 Å². The number of phosphoric acid groups is 2. The van der Waals surface area contributed by atoms with Crippen LogP contribution in [-0.4, -0.2) is 100 Å². The molecule has 1 amide bonds. The number of fused-ring (bicyclic) bond motifs is 1. The van der Waals surface area contributed by atoms with E-state index >= 15 is 0 Å². The second-order valence-corrected chi connectivity index (χ2v) is 12.7. The second-order valence-electron chi connectivity index (χ2n) is 9.64. The largest absolute Gasteiger partial charge is 0.481 e. The van der Waals surface area contributed by atoms with E-state index in [1.165, 1.54) is 29.1 Å². The zero-order valence-corrected chi connectivity index (χ0v) is 24.0. The van der Waals surface area contributed by atoms with Gasteiger partial charge in [-0.25, -0.2) is 28.5 Å². The molecule has 23 heteroatoms. The molecule has 0 aliphatic carbocycles. The Bertz CT molecular complexity index is 1630. The molecule has 44 heavy (non-hydrogen) atoms. The Kier molecular flexibility index (Phi) is 9.11. The molecule has 3 aromatic rings. The lowest BCUT2D eigenvalue weighted by Crippen LogP contribution is -2.46. The monoisotopic (exact) mass is 666 g/mol. The van der Waals surface area contributed by atoms with Crippen molar-refractivity contribution < 1.29 is 70.8 Å². The number of carbonyl (C=O) groups is 1. The number of halogens is 1. The van der Waals surface area contributed by atoms with Crippen LogP contribution in [0.2, 0.25) is 0 Å². The van der Waals surface area contributed by atoms with E-state index in [0.29, 0.717) is 0 Å². The molecule has 0 radical (unpaired) electrons. The first-order chi connectivity index (χ1) is 20.7. The summed E-state index contributed by atoms with van der Waals surface area (Å²) in [6.07, 6.45) is -8.10. The number of imidazole rings is 1. The van der Waals surface area contributed by atoms with Crippen molar-refractivity contribution in [2.45, 2.75) is 49.1 Å². The number of anilines is 1. The molecule has 2 fully saturated rings. The van der Waals surface area contributed by atoms with Crippen molar-refractivity contribution >= 4 is 38.5 Å². The molecule has 5 heterocycles. The number of phosphoric ester groups is 2. The molecule has 2 unspecified atom stereocenters. The molecule has 0 saturated carbocycles. The van der Waals surface area contributed by atoms with Crippen molar-refractivity contribution in [3.8, 4) is 0 Å². The Morgan fingerprint density at radius 2 is 1.70 bits per heavy atom. The number of ether oxygens (including phenoxy) is 2. The van der Waals surface area contributed by atoms with Crippen LogP contribution in [0, 0.1) is 0 Å². The van der Waals surface area contributed by atoms with Crippen LogP contribution in [0.1, 0.15) is 22.8 Å². The van der Waals surface area contributed by atoms with Crippen molar-refractivity contribution in [1.82, 2.24) is 19.5 Å². The number of amides is 1. The van der Waals surface area contributed by atoms with Gasteiger partial charge in [0.05, 0.1) is 19.5 Å². The summed E-state index contributed by atoms with van der Waals surface area (Å²) in [5.74, 6) is -0.761. The summed E-state index contributed by atoms with van der Waals surface area (Å²) in [5, 5.41) is 31.0. The molecular weight excluding hydrogens is 639 g/mol. The Morgan fingerprint density at radius 3 is 2.36 bits per heavy atom. The lowest BCUT2D eigenvalue weighted by atomic mass is 10.1. The topological polar surface area (TPSA) is 298 Å². The van der Waals surface area contributed by atoms with Crippen LogP contribution in [0.25, 0.3) is 11.2 Å². The van der Waals surface area contributed by atoms with Gasteiger partial charge in [-0.3, -0.25) is 18.4 Å². The summed E-state index contributed by atoms with van der Waals surface area (Å²) in [5.41, 5.74) is 11.2. The molecule has 20 nitrogen and oxygen atoms in total. The van der Waals surface area contributed by atoms with Crippen LogP contribution in [-0.2, 0) is 32.0 Å². The third-order valence-corrected chi connectivity index (χ3v) is 9.30. The van der Waals surface area contributed by atoms with E-state index in [4.69, 9.17) is 20.9 Å². The van der Waals surface area contributed by atoms with Gasteiger partial charge in [-0.05, 0) is 6.07 Å². The fourth-order valence-corrected chi connectivity index (χ4v) is 6.64. The van der Waals surface area contributed by atoms with Crippen molar-refractivity contribution in [3.05, 3.63) is 42.7 Å². The summed E-state index contributed by atoms with van der Waals surface area (Å²) in [7, 11) is -10.8. The van der Waals surface area contributed by atoms with E-state index in [0.717, 1.165) is 17.2 Å². The summed E-state index contributed by atoms with van der Waals surface area (Å²) in [6, 6.07) is 2.82. The van der Waals surface area contributed by atoms with E-state index in [1.54, 1.807) is 0 Å². The number of primary amides is 1. The molecule has 240 valence electrons. The van der Waals surface area contributed by atoms with Crippen LogP contribution in [0.4, 0.5) is 10.2 Å². The van der Waals surface area contributed by atoms with E-state index < -0.39 is 83.9 Å². The van der Waals surface area contributed by atoms with Crippen molar-refractivity contribution in [3.63, 3.8) is 0 Å². The minimum Gasteiger partial charge on any atom is -0.387 e. The maximum atomic E-state index is 14.9. The SMILES string of the molecule is NC(=O)c1ccc[n+]([C@@H]2O[C@H](COP(=O)(O)OP(=O)(O)OC[C@H]3O[C@@H](n4cnc5c(N)ncnc54)[C@H](F)[C@@H]3O)[C@@H](O)[C@H]2O)c1. The number of nitrogen functional groups attached to an aromatic ring is 1. The van der Waals surface area contributed by atoms with Gasteiger partial charge < -0.3 is 46.0 Å². The fourth-order valence-electron chi connectivity index (χ4n) is 4.54. The van der Waals surface area contributed by atoms with Gasteiger partial charge in [0.15, 0.2) is 42.4 Å². The van der Waals surface area contributed by atoms with Gasteiger partial charge >= 0.3 is 15.6 Å². The predicted octanol–water partition coefficient (Wildman–Crippen LogP) is -2.04. The Hall–Kier alpha value is -3.04. The second kappa shape index (κ2) is 12.4. The van der Waals surface area contributed by atoms with Crippen molar-refractivity contribution in [2.24, 2.45) is 5.73 Å². The number of nitrogens with two attached hydrogens (primary N) is 2. The van der Waals surface area contributed by atoms with E-state index in [9.17, 15) is 43.4 Å². The normalized spacial score (nSPS) is 31.6. The average Bonchev–Trinajstić information content (AvgIpc) is 3.61. The quantitative estimate of drug-likeness (QED) is 0.0856. The molecule has 2 aliphatic rings. The zero-order chi connectivity index (χ0) is 32.0. The predicted molar refractivity (Wildman–Crippen MR) is 138 cm³/mol. The Labute approximate surface area is 245 Å². The highest BCUT2D eigenvalue weighted by Crippen LogP contribution is 2.60. The molecule has 0 aromatic carbocycles. The Morgan fingerprint density at radius 1 is 1.05 bits per heavy atom. The first kappa shape index (κ1) is 32.4. The standard InChI is InChI=1S/C21H26FN7O13P2/c22-12-14(30)10(40-20(12)29-8-27-13-17(23)25-7-26-19(13)29)5-38-43(34,35)42-44(36,37)39-6-11-15(31)16(32)21(41-11)28-3-1-2-9(4-28)18(24)33/h1-4,7-8,10-12,14-16,20-21,30-32H,5-6H2,(H5-,23,24,25,26,33,34,35,36,37)/p+1/t10-,11-,12-,14-,15-,16-,20-,21-/m1/s1. The number of aliphatic hydroxyl groups is 3. The molecule has 2 aliphatic heterocycles. The average molecular weight is 666 g/mol. The molecule has 0 bridgehead atoms. The molecule has 0 spiro atoms. The highest BCUT2D eigenvalue weighted by Gasteiger charge is 2.50. The van der Waals surface area contributed by atoms with Gasteiger partial charge in [-0.1, -0.05) is 0 Å². The molecule has 5 rings (SSSR count). The number of aliphatic hydroxyl groups excluding tert-OH is 3. The lowest BCUT2D eigenvalue weighted by molar-refractivity contribution is -0.765. The summed E-state index contributed by atoms with van der Waals surface area (Å²) in [4.78, 5) is 43.1. The third-order valence-electron chi connectivity index (χ3n) is 6.70. The minimum absolute atomic E-state index is 0.00971. The highest BCUT2D eigenvalue weighted by atomic mass is 31.3. The maximum absolute atomic E-state index is 14.9. The van der Waals surface area contributed by atoms with Gasteiger partial charge in [0.1, 0.15) is 41.8 Å². The number of hydrogen-bond acceptors (Lipinski definition) is 15. The van der Waals surface area contributed by atoms with Crippen LogP contribution in [0.15, 0.2) is 37.2 Å². The first-order valence-electron chi connectivity index (χ1n) is 12.6. The molecule has 2 saturated heterocycles. The highest BCUT2D eigenvalue weighted by molar-refractivity contribution is 7.61. The summed E-state index contributed by atoms with van der Waals surface area (Å²) < 4.78 is 66.5. The molecule has 3 aromatic heterocycles. The number of hydrogen-bond donors (Lipinski definition) is 7. The number of rotatable bonds is 11. The number of pyridine rings is 1. The minimum atomic E-state index is -5.41. The number of nitrogens with zero attached hydrogens (tertiary/aromatic N) is 5. The lowest BCUT2D eigenvalue weighted by Gasteiger charge is -2.20. The zero-order valence-electron chi connectivity index (χ0n) is 22.2. The summed E-state index contributed by atoms with van der Waals surface area (Å²) >= 11 is 0. The Balaban J connectivity index is 1.16. The van der Waals surface area contributed by atoms with Gasteiger partial charge in [-0.15, -0.1) is 0 Å². The number of alkyl halides is 1. The van der Waals surface area contributed by atoms with Crippen molar-refractivity contribution in [2.75, 3.05) is 18.9 Å². The van der Waals surface area contributed by atoms with E-state index in [1.807, 2.05) is 0 Å². The maximum Gasteiger partial charge on any atom is 0.481 e. The van der Waals surface area contributed by atoms with Crippen LogP contribution >= 0.6 is 15.6 Å². The van der Waals surface area contributed by atoms with Gasteiger partial charge in [0.2, 0.25) is 0 Å². The van der Waals surface area contributed by atoms with Gasteiger partial charge in [-0.2, -0.15) is 8.88 Å². The van der Waals surface area contributed by atoms with E-state index in [2.05, 4.69) is 28.3 Å². The number of carbonyl (C=O) groups excluding carboxylic acids is 1. The van der Waals surface area contributed by atoms with Crippen LogP contribution in [0.5, 0.6) is 0 Å². The van der Waals surface area contributed by atoms with Crippen molar-refractivity contribution in [1.29, 1.82) is 0 Å². The van der Waals surface area contributed by atoms with Gasteiger partial charge in [0.25, 0.3) is 12.1 Å². The molecule has 10 atom stereocenters. The van der Waals surface area contributed by atoms with Crippen LogP contribution in [0.3, 0.4) is 0 Å². The fraction of sp³-hybridized carbons (Fsp3) is 0.476. The van der Waals surface area contributed by atoms with Crippen LogP contribution < -0.4 is 16.0 Å². The third kappa shape index (κ3) is 6.64. The number of aromatic nitrogens is 5. The molecule has 9 N–H and O–H groups in total.